The number of alkyl carbamates (subject to hydrolysis) is 1. The molecule has 1 amide bonds. The molecule has 1 fully saturated rings. The van der Waals surface area contributed by atoms with Gasteiger partial charge in [0.1, 0.15) is 6.61 Å². The minimum Gasteiger partial charge on any atom is -0.479 e. The van der Waals surface area contributed by atoms with Gasteiger partial charge < -0.3 is 19.9 Å². The summed E-state index contributed by atoms with van der Waals surface area (Å²) in [5, 5.41) is 11.5. The van der Waals surface area contributed by atoms with Crippen LogP contribution in [0.2, 0.25) is 0 Å². The van der Waals surface area contributed by atoms with Gasteiger partial charge in [-0.15, -0.1) is 0 Å². The topological polar surface area (TPSA) is 84.9 Å². The average molecular weight is 339 g/mol. The van der Waals surface area contributed by atoms with Crippen LogP contribution in [0.5, 0.6) is 0 Å². The number of hydrogen-bond donors (Lipinski definition) is 2. The van der Waals surface area contributed by atoms with Crippen LogP contribution in [-0.4, -0.2) is 42.5 Å². The number of amides is 1. The second kappa shape index (κ2) is 6.22. The number of benzene rings is 2. The molecule has 2 N–H and O–H groups in total. The lowest BCUT2D eigenvalue weighted by molar-refractivity contribution is -0.168. The largest absolute Gasteiger partial charge is 0.479 e. The van der Waals surface area contributed by atoms with Crippen molar-refractivity contribution in [2.24, 2.45) is 0 Å². The van der Waals surface area contributed by atoms with Gasteiger partial charge in [0, 0.05) is 5.92 Å². The van der Waals surface area contributed by atoms with Gasteiger partial charge in [-0.2, -0.15) is 0 Å². The van der Waals surface area contributed by atoms with Crippen molar-refractivity contribution in [2.75, 3.05) is 13.2 Å². The minimum atomic E-state index is -1.09. The summed E-state index contributed by atoms with van der Waals surface area (Å²) < 4.78 is 10.3. The number of aliphatic carboxylic acids is 1. The van der Waals surface area contributed by atoms with Gasteiger partial charge in [0.05, 0.1) is 12.6 Å². The third-order valence-corrected chi connectivity index (χ3v) is 4.71. The molecule has 2 aromatic carbocycles. The third kappa shape index (κ3) is 2.74. The van der Waals surface area contributed by atoms with Crippen molar-refractivity contribution >= 4 is 12.1 Å². The van der Waals surface area contributed by atoms with E-state index in [2.05, 4.69) is 17.4 Å². The number of hydrogen-bond acceptors (Lipinski definition) is 4. The highest BCUT2D eigenvalue weighted by Gasteiger charge is 2.39. The van der Waals surface area contributed by atoms with E-state index in [1.165, 1.54) is 0 Å². The molecule has 0 saturated carbocycles. The summed E-state index contributed by atoms with van der Waals surface area (Å²) in [6.07, 6.45) is -1.62. The highest BCUT2D eigenvalue weighted by Crippen LogP contribution is 2.44. The van der Waals surface area contributed by atoms with E-state index in [-0.39, 0.29) is 19.1 Å². The number of carbonyl (C=O) groups excluding carboxylic acids is 1. The molecule has 25 heavy (non-hydrogen) atoms. The Balaban J connectivity index is 1.45. The quantitative estimate of drug-likeness (QED) is 0.893. The van der Waals surface area contributed by atoms with Crippen LogP contribution in [0.1, 0.15) is 17.0 Å². The fraction of sp³-hybridized carbons (Fsp3) is 0.263. The first kappa shape index (κ1) is 15.7. The predicted molar refractivity (Wildman–Crippen MR) is 89.4 cm³/mol. The molecule has 0 spiro atoms. The van der Waals surface area contributed by atoms with Crippen molar-refractivity contribution in [2.45, 2.75) is 18.1 Å². The van der Waals surface area contributed by atoms with E-state index in [1.54, 1.807) is 0 Å². The number of fused-ring (bicyclic) bond motifs is 3. The lowest BCUT2D eigenvalue weighted by Gasteiger charge is -2.33. The van der Waals surface area contributed by atoms with E-state index in [0.717, 1.165) is 22.3 Å². The first-order chi connectivity index (χ1) is 12.1. The highest BCUT2D eigenvalue weighted by molar-refractivity contribution is 5.79. The minimum absolute atomic E-state index is 0.0222. The number of ether oxygens (including phenoxy) is 2. The Kier molecular flexibility index (Phi) is 3.89. The average Bonchev–Trinajstić information content (AvgIpc) is 2.90. The molecule has 1 aliphatic carbocycles. The van der Waals surface area contributed by atoms with Crippen LogP contribution >= 0.6 is 0 Å². The highest BCUT2D eigenvalue weighted by atomic mass is 16.6. The molecular weight excluding hydrogens is 322 g/mol. The van der Waals surface area contributed by atoms with E-state index in [1.807, 2.05) is 36.4 Å². The smallest absolute Gasteiger partial charge is 0.407 e. The molecule has 2 atom stereocenters. The summed E-state index contributed by atoms with van der Waals surface area (Å²) in [5.41, 5.74) is 4.58. The zero-order valence-electron chi connectivity index (χ0n) is 13.3. The number of carboxylic acids is 1. The molecule has 0 bridgehead atoms. The second-order valence-electron chi connectivity index (χ2n) is 6.17. The van der Waals surface area contributed by atoms with E-state index < -0.39 is 24.2 Å². The normalized spacial score (nSPS) is 21.0. The molecule has 0 aromatic heterocycles. The Morgan fingerprint density at radius 3 is 2.20 bits per heavy atom. The second-order valence-corrected chi connectivity index (χ2v) is 6.17. The van der Waals surface area contributed by atoms with Crippen LogP contribution in [0.4, 0.5) is 4.79 Å². The Morgan fingerprint density at radius 1 is 1.08 bits per heavy atom. The Hall–Kier alpha value is -2.86. The van der Waals surface area contributed by atoms with Gasteiger partial charge in [-0.05, 0) is 22.3 Å². The Morgan fingerprint density at radius 2 is 1.68 bits per heavy atom. The molecule has 1 aliphatic heterocycles. The summed E-state index contributed by atoms with van der Waals surface area (Å²) >= 11 is 0. The molecule has 0 radical (unpaired) electrons. The monoisotopic (exact) mass is 339 g/mol. The van der Waals surface area contributed by atoms with Gasteiger partial charge in [-0.3, -0.25) is 0 Å². The molecule has 6 heteroatoms. The van der Waals surface area contributed by atoms with Gasteiger partial charge in [0.25, 0.3) is 0 Å². The van der Waals surface area contributed by atoms with Crippen molar-refractivity contribution in [3.63, 3.8) is 0 Å². The van der Waals surface area contributed by atoms with Gasteiger partial charge >= 0.3 is 12.1 Å². The van der Waals surface area contributed by atoms with Crippen molar-refractivity contribution < 1.29 is 24.2 Å². The summed E-state index contributed by atoms with van der Waals surface area (Å²) in [6, 6.07) is 15.6. The summed E-state index contributed by atoms with van der Waals surface area (Å²) in [4.78, 5) is 22.9. The summed E-state index contributed by atoms with van der Waals surface area (Å²) in [7, 11) is 0. The molecule has 0 unspecified atom stereocenters. The Bertz CT molecular complexity index is 789. The van der Waals surface area contributed by atoms with E-state index >= 15 is 0 Å². The SMILES string of the molecule is O=C(N[C@H]1CO[C@@H]1C(=O)O)OCC1c2ccccc2-c2ccccc21. The standard InChI is InChI=1S/C19H17NO5/c21-18(22)17-16(10-24-17)20-19(23)25-9-15-13-7-3-1-5-11(13)12-6-2-4-8-14(12)15/h1-8,15-17H,9-10H2,(H,20,23)(H,21,22)/t16-,17-/m0/s1. The maximum atomic E-state index is 12.0. The van der Waals surface area contributed by atoms with E-state index in [9.17, 15) is 9.59 Å². The maximum Gasteiger partial charge on any atom is 0.407 e. The lowest BCUT2D eigenvalue weighted by Crippen LogP contribution is -2.59. The number of rotatable bonds is 4. The maximum absolute atomic E-state index is 12.0. The van der Waals surface area contributed by atoms with Gasteiger partial charge in [0.2, 0.25) is 0 Å². The molecule has 128 valence electrons. The summed E-state index contributed by atoms with van der Waals surface area (Å²) in [5.74, 6) is -1.11. The lowest BCUT2D eigenvalue weighted by atomic mass is 9.98. The fourth-order valence-electron chi connectivity index (χ4n) is 3.44. The van der Waals surface area contributed by atoms with Crippen molar-refractivity contribution in [1.29, 1.82) is 0 Å². The van der Waals surface area contributed by atoms with Gasteiger partial charge in [0.15, 0.2) is 6.10 Å². The number of nitrogens with one attached hydrogen (secondary N) is 1. The zero-order chi connectivity index (χ0) is 17.4. The number of carbonyl (C=O) groups is 2. The first-order valence-electron chi connectivity index (χ1n) is 8.11. The third-order valence-electron chi connectivity index (χ3n) is 4.71. The molecular formula is C19H17NO5. The van der Waals surface area contributed by atoms with Gasteiger partial charge in [-0.1, -0.05) is 48.5 Å². The van der Waals surface area contributed by atoms with E-state index in [0.29, 0.717) is 0 Å². The van der Waals surface area contributed by atoms with Crippen molar-refractivity contribution in [3.8, 4) is 11.1 Å². The zero-order valence-corrected chi connectivity index (χ0v) is 13.3. The first-order valence-corrected chi connectivity index (χ1v) is 8.11. The van der Waals surface area contributed by atoms with Crippen molar-refractivity contribution in [1.82, 2.24) is 5.32 Å². The van der Waals surface area contributed by atoms with Gasteiger partial charge in [-0.25, -0.2) is 9.59 Å². The van der Waals surface area contributed by atoms with Crippen LogP contribution in [0, 0.1) is 0 Å². The summed E-state index contributed by atoms with van der Waals surface area (Å²) in [6.45, 7) is 0.381. The fourth-order valence-corrected chi connectivity index (χ4v) is 3.44. The van der Waals surface area contributed by atoms with Crippen LogP contribution in [0.15, 0.2) is 48.5 Å². The van der Waals surface area contributed by atoms with Crippen LogP contribution in [0.25, 0.3) is 11.1 Å². The predicted octanol–water partition coefficient (Wildman–Crippen LogP) is 2.38. The number of carboxylic acid groups (broad SMARTS) is 1. The molecule has 2 aromatic rings. The van der Waals surface area contributed by atoms with E-state index in [4.69, 9.17) is 14.6 Å². The van der Waals surface area contributed by atoms with Crippen LogP contribution in [0.3, 0.4) is 0 Å². The Labute approximate surface area is 144 Å². The molecule has 2 aliphatic rings. The molecule has 1 saturated heterocycles. The van der Waals surface area contributed by atoms with Crippen LogP contribution in [-0.2, 0) is 14.3 Å². The molecule has 4 rings (SSSR count). The molecule has 6 nitrogen and oxygen atoms in total. The molecule has 1 heterocycles. The van der Waals surface area contributed by atoms with Crippen molar-refractivity contribution in [3.05, 3.63) is 59.7 Å². The van der Waals surface area contributed by atoms with Crippen LogP contribution < -0.4 is 5.32 Å².